The Hall–Kier alpha value is -1.30. The lowest BCUT2D eigenvalue weighted by Crippen LogP contribution is -2.49. The van der Waals surface area contributed by atoms with Crippen LogP contribution in [0.1, 0.15) is 12.8 Å². The molecule has 1 aliphatic rings. The molecule has 0 aromatic heterocycles. The van der Waals surface area contributed by atoms with E-state index >= 15 is 0 Å². The smallest absolute Gasteiger partial charge is 0.340 e. The maximum Gasteiger partial charge on any atom is 0.401 e. The highest BCUT2D eigenvalue weighted by Crippen LogP contribution is 2.18. The molecule has 1 fully saturated rings. The van der Waals surface area contributed by atoms with Crippen molar-refractivity contribution in [1.29, 1.82) is 0 Å². The van der Waals surface area contributed by atoms with E-state index < -0.39 is 34.7 Å². The van der Waals surface area contributed by atoms with Gasteiger partial charge in [0.1, 0.15) is 6.04 Å². The van der Waals surface area contributed by atoms with Crippen molar-refractivity contribution < 1.29 is 26.4 Å². The molecule has 0 saturated carbocycles. The minimum absolute atomic E-state index is 0.0640. The number of nitrogens with zero attached hydrogens (tertiary/aromatic N) is 2. The lowest BCUT2D eigenvalue weighted by Gasteiger charge is -2.27. The maximum absolute atomic E-state index is 13.0. The van der Waals surface area contributed by atoms with Crippen molar-refractivity contribution in [3.05, 3.63) is 30.3 Å². The van der Waals surface area contributed by atoms with E-state index in [1.165, 1.54) is 33.7 Å². The van der Waals surface area contributed by atoms with E-state index in [0.717, 1.165) is 0 Å². The lowest BCUT2D eigenvalue weighted by atomic mass is 10.2. The predicted molar refractivity (Wildman–Crippen MR) is 107 cm³/mol. The monoisotopic (exact) mass is 453 g/mol. The number of hydrogen-bond acceptors (Lipinski definition) is 5. The summed E-state index contributed by atoms with van der Waals surface area (Å²) >= 11 is 1.49. The molecule has 1 N–H and O–H groups in total. The minimum atomic E-state index is -4.29. The standard InChI is InChI=1S/C18H26F3N3O3S2/c1-28-13-8-16(22-29(26,27)15-6-3-2-4-7-15)17(25)24-10-5-9-23(11-12-24)14-18(19,20)21/h2-4,6-7,16,22H,5,8-14H2,1H3. The molecule has 1 atom stereocenters. The predicted octanol–water partition coefficient (Wildman–Crippen LogP) is 2.18. The van der Waals surface area contributed by atoms with Gasteiger partial charge in [-0.1, -0.05) is 18.2 Å². The SMILES string of the molecule is CSCCC(NS(=O)(=O)c1ccccc1)C(=O)N1CCCN(CC(F)(F)F)CC1. The van der Waals surface area contributed by atoms with Crippen LogP contribution in [0.3, 0.4) is 0 Å². The first kappa shape index (κ1) is 24.0. The molecule has 164 valence electrons. The highest BCUT2D eigenvalue weighted by Gasteiger charge is 2.33. The summed E-state index contributed by atoms with van der Waals surface area (Å²) in [6.45, 7) is -0.222. The Labute approximate surface area is 173 Å². The summed E-state index contributed by atoms with van der Waals surface area (Å²) in [5.74, 6) is 0.175. The molecule has 0 spiro atoms. The Balaban J connectivity index is 2.08. The van der Waals surface area contributed by atoms with E-state index in [4.69, 9.17) is 0 Å². The third-order valence-electron chi connectivity index (χ3n) is 4.56. The van der Waals surface area contributed by atoms with Crippen LogP contribution in [0.2, 0.25) is 0 Å². The number of halogens is 3. The zero-order chi connectivity index (χ0) is 21.5. The van der Waals surface area contributed by atoms with E-state index in [0.29, 0.717) is 25.1 Å². The third-order valence-corrected chi connectivity index (χ3v) is 6.69. The summed E-state index contributed by atoms with van der Waals surface area (Å²) in [4.78, 5) is 15.8. The zero-order valence-corrected chi connectivity index (χ0v) is 17.8. The van der Waals surface area contributed by atoms with E-state index in [1.807, 2.05) is 6.26 Å². The Morgan fingerprint density at radius 1 is 1.17 bits per heavy atom. The van der Waals surface area contributed by atoms with Gasteiger partial charge in [-0.05, 0) is 37.0 Å². The van der Waals surface area contributed by atoms with Gasteiger partial charge in [-0.2, -0.15) is 29.7 Å². The van der Waals surface area contributed by atoms with Crippen molar-refractivity contribution in [2.24, 2.45) is 0 Å². The molecule has 1 aliphatic heterocycles. The van der Waals surface area contributed by atoms with Gasteiger partial charge in [0.15, 0.2) is 0 Å². The highest BCUT2D eigenvalue weighted by molar-refractivity contribution is 7.98. The number of nitrogens with one attached hydrogen (secondary N) is 1. The fourth-order valence-electron chi connectivity index (χ4n) is 3.15. The van der Waals surface area contributed by atoms with E-state index in [-0.39, 0.29) is 24.5 Å². The quantitative estimate of drug-likeness (QED) is 0.654. The molecule has 0 aliphatic carbocycles. The average molecular weight is 454 g/mol. The Morgan fingerprint density at radius 3 is 2.48 bits per heavy atom. The fraction of sp³-hybridized carbons (Fsp3) is 0.611. The van der Waals surface area contributed by atoms with Crippen molar-refractivity contribution in [3.8, 4) is 0 Å². The van der Waals surface area contributed by atoms with Crippen LogP contribution in [-0.2, 0) is 14.8 Å². The van der Waals surface area contributed by atoms with Crippen molar-refractivity contribution >= 4 is 27.7 Å². The molecule has 1 amide bonds. The van der Waals surface area contributed by atoms with Gasteiger partial charge in [0.2, 0.25) is 15.9 Å². The minimum Gasteiger partial charge on any atom is -0.340 e. The highest BCUT2D eigenvalue weighted by atomic mass is 32.2. The molecular weight excluding hydrogens is 427 g/mol. The molecule has 11 heteroatoms. The molecule has 1 aromatic rings. The molecule has 6 nitrogen and oxygen atoms in total. The van der Waals surface area contributed by atoms with Crippen LogP contribution in [0.25, 0.3) is 0 Å². The lowest BCUT2D eigenvalue weighted by molar-refractivity contribution is -0.145. The molecule has 1 saturated heterocycles. The number of sulfonamides is 1. The molecule has 0 bridgehead atoms. The van der Waals surface area contributed by atoms with Crippen LogP contribution in [0.4, 0.5) is 13.2 Å². The third kappa shape index (κ3) is 7.80. The molecule has 1 heterocycles. The van der Waals surface area contributed by atoms with Gasteiger partial charge in [0, 0.05) is 26.2 Å². The number of hydrogen-bond donors (Lipinski definition) is 1. The number of carbonyl (C=O) groups excluding carboxylic acids is 1. The van der Waals surface area contributed by atoms with Crippen LogP contribution in [0.5, 0.6) is 0 Å². The first-order chi connectivity index (χ1) is 13.6. The van der Waals surface area contributed by atoms with Crippen molar-refractivity contribution in [2.45, 2.75) is 30.0 Å². The van der Waals surface area contributed by atoms with Gasteiger partial charge in [0.25, 0.3) is 0 Å². The van der Waals surface area contributed by atoms with Gasteiger partial charge in [0.05, 0.1) is 11.4 Å². The summed E-state index contributed by atoms with van der Waals surface area (Å²) in [5.41, 5.74) is 0. The molecule has 29 heavy (non-hydrogen) atoms. The second kappa shape index (κ2) is 10.6. The van der Waals surface area contributed by atoms with Crippen LogP contribution in [-0.4, -0.2) is 81.1 Å². The summed E-state index contributed by atoms with van der Waals surface area (Å²) in [5, 5.41) is 0. The number of alkyl halides is 3. The van der Waals surface area contributed by atoms with Crippen LogP contribution >= 0.6 is 11.8 Å². The molecule has 2 rings (SSSR count). The second-order valence-corrected chi connectivity index (χ2v) is 9.54. The molecular formula is C18H26F3N3O3S2. The summed E-state index contributed by atoms with van der Waals surface area (Å²) in [6.07, 6.45) is -1.73. The van der Waals surface area contributed by atoms with Crippen molar-refractivity contribution in [3.63, 3.8) is 0 Å². The first-order valence-electron chi connectivity index (χ1n) is 9.26. The van der Waals surface area contributed by atoms with E-state index in [1.54, 1.807) is 18.2 Å². The second-order valence-electron chi connectivity index (χ2n) is 6.84. The van der Waals surface area contributed by atoms with Gasteiger partial charge in [-0.15, -0.1) is 0 Å². The number of thioether (sulfide) groups is 1. The van der Waals surface area contributed by atoms with E-state index in [9.17, 15) is 26.4 Å². The number of rotatable bonds is 8. The largest absolute Gasteiger partial charge is 0.401 e. The Morgan fingerprint density at radius 2 is 1.86 bits per heavy atom. The zero-order valence-electron chi connectivity index (χ0n) is 16.2. The van der Waals surface area contributed by atoms with Crippen molar-refractivity contribution in [2.75, 3.05) is 44.7 Å². The van der Waals surface area contributed by atoms with Crippen LogP contribution in [0.15, 0.2) is 35.2 Å². The van der Waals surface area contributed by atoms with Gasteiger partial charge in [-0.3, -0.25) is 9.69 Å². The summed E-state index contributed by atoms with van der Waals surface area (Å²) < 4.78 is 65.7. The Kier molecular flexibility index (Phi) is 8.80. The van der Waals surface area contributed by atoms with Crippen molar-refractivity contribution in [1.82, 2.24) is 14.5 Å². The molecule has 1 unspecified atom stereocenters. The number of amides is 1. The van der Waals surface area contributed by atoms with Gasteiger partial charge in [-0.25, -0.2) is 8.42 Å². The van der Waals surface area contributed by atoms with Gasteiger partial charge >= 0.3 is 6.18 Å². The Bertz CT molecular complexity index is 761. The number of benzene rings is 1. The fourth-order valence-corrected chi connectivity index (χ4v) is 4.86. The summed E-state index contributed by atoms with van der Waals surface area (Å²) in [6, 6.07) is 6.81. The van der Waals surface area contributed by atoms with E-state index in [2.05, 4.69) is 4.72 Å². The molecule has 1 aromatic carbocycles. The maximum atomic E-state index is 13.0. The number of carbonyl (C=O) groups is 1. The van der Waals surface area contributed by atoms with Gasteiger partial charge < -0.3 is 4.90 Å². The summed E-state index contributed by atoms with van der Waals surface area (Å²) in [7, 11) is -3.88. The van der Waals surface area contributed by atoms with Crippen LogP contribution in [0, 0.1) is 0 Å². The normalized spacial score (nSPS) is 17.7. The topological polar surface area (TPSA) is 69.7 Å². The average Bonchev–Trinajstić information content (AvgIpc) is 2.89. The van der Waals surface area contributed by atoms with Crippen LogP contribution < -0.4 is 4.72 Å². The molecule has 0 radical (unpaired) electrons. The first-order valence-corrected chi connectivity index (χ1v) is 12.1.